The Morgan fingerprint density at radius 2 is 2.08 bits per heavy atom. The first-order chi connectivity index (χ1) is 5.74. The van der Waals surface area contributed by atoms with Gasteiger partial charge in [0.05, 0.1) is 13.0 Å². The lowest BCUT2D eigenvalue weighted by molar-refractivity contribution is -0.147. The summed E-state index contributed by atoms with van der Waals surface area (Å²) in [5.41, 5.74) is 0. The Kier molecular flexibility index (Phi) is 1.71. The van der Waals surface area contributed by atoms with Crippen LogP contribution in [0.2, 0.25) is 0 Å². The molecular formula is C10H14O2. The monoisotopic (exact) mass is 166 g/mol. The van der Waals surface area contributed by atoms with Gasteiger partial charge in [0.25, 0.3) is 0 Å². The molecule has 0 spiro atoms. The van der Waals surface area contributed by atoms with Gasteiger partial charge in [-0.05, 0) is 24.2 Å². The number of hydrogen-bond acceptors (Lipinski definition) is 2. The fourth-order valence-electron chi connectivity index (χ4n) is 2.59. The summed E-state index contributed by atoms with van der Waals surface area (Å²) < 4.78 is 4.78. The van der Waals surface area contributed by atoms with Gasteiger partial charge < -0.3 is 4.74 Å². The highest BCUT2D eigenvalue weighted by atomic mass is 16.5. The molecule has 0 aromatic heterocycles. The van der Waals surface area contributed by atoms with Crippen molar-refractivity contribution in [2.45, 2.75) is 13.3 Å². The van der Waals surface area contributed by atoms with Crippen LogP contribution in [0.5, 0.6) is 0 Å². The molecule has 66 valence electrons. The van der Waals surface area contributed by atoms with Crippen LogP contribution in [0, 0.1) is 23.7 Å². The SMILES string of the molecule is COC(=O)[C@@H]1[C@@H](C)[C@H]2C=C[C@@H]1C2. The lowest BCUT2D eigenvalue weighted by Crippen LogP contribution is -2.26. The first-order valence-corrected chi connectivity index (χ1v) is 4.50. The third kappa shape index (κ3) is 0.904. The standard InChI is InChI=1S/C10H14O2/c1-6-7-3-4-8(5-7)9(6)10(11)12-2/h3-4,6-9H,5H2,1-2H3/t6-,7-,8+,9+/m0/s1. The zero-order valence-corrected chi connectivity index (χ0v) is 7.49. The van der Waals surface area contributed by atoms with Crippen LogP contribution in [0.1, 0.15) is 13.3 Å². The Balaban J connectivity index is 2.18. The van der Waals surface area contributed by atoms with E-state index in [9.17, 15) is 4.79 Å². The van der Waals surface area contributed by atoms with E-state index in [1.807, 2.05) is 0 Å². The third-order valence-electron chi connectivity index (χ3n) is 3.33. The molecule has 0 heterocycles. The average molecular weight is 166 g/mol. The van der Waals surface area contributed by atoms with Crippen molar-refractivity contribution < 1.29 is 9.53 Å². The molecule has 4 atom stereocenters. The van der Waals surface area contributed by atoms with E-state index in [0.717, 1.165) is 6.42 Å². The molecule has 2 rings (SSSR count). The minimum absolute atomic E-state index is 0.0284. The lowest BCUT2D eigenvalue weighted by Gasteiger charge is -2.21. The van der Waals surface area contributed by atoms with Gasteiger partial charge in [-0.15, -0.1) is 0 Å². The minimum Gasteiger partial charge on any atom is -0.469 e. The molecule has 2 aliphatic rings. The van der Waals surface area contributed by atoms with Crippen molar-refractivity contribution in [1.82, 2.24) is 0 Å². The smallest absolute Gasteiger partial charge is 0.309 e. The number of hydrogen-bond donors (Lipinski definition) is 0. The average Bonchev–Trinajstić information content (AvgIpc) is 2.63. The molecule has 1 fully saturated rings. The van der Waals surface area contributed by atoms with Crippen LogP contribution >= 0.6 is 0 Å². The van der Waals surface area contributed by atoms with E-state index in [4.69, 9.17) is 4.74 Å². The van der Waals surface area contributed by atoms with Gasteiger partial charge in [0.1, 0.15) is 0 Å². The van der Waals surface area contributed by atoms with Crippen LogP contribution < -0.4 is 0 Å². The number of rotatable bonds is 1. The number of ether oxygens (including phenoxy) is 1. The van der Waals surface area contributed by atoms with Crippen molar-refractivity contribution >= 4 is 5.97 Å². The number of allylic oxidation sites excluding steroid dienone is 2. The Hall–Kier alpha value is -0.790. The third-order valence-corrected chi connectivity index (χ3v) is 3.33. The Labute approximate surface area is 72.6 Å². The van der Waals surface area contributed by atoms with Gasteiger partial charge in [0.15, 0.2) is 0 Å². The summed E-state index contributed by atoms with van der Waals surface area (Å²) in [6, 6.07) is 0. The van der Waals surface area contributed by atoms with Crippen LogP contribution in [-0.4, -0.2) is 13.1 Å². The molecule has 2 nitrogen and oxygen atoms in total. The summed E-state index contributed by atoms with van der Waals surface area (Å²) >= 11 is 0. The molecule has 0 N–H and O–H groups in total. The Bertz CT molecular complexity index is 232. The van der Waals surface area contributed by atoms with E-state index in [-0.39, 0.29) is 11.9 Å². The van der Waals surface area contributed by atoms with Crippen LogP contribution in [-0.2, 0) is 9.53 Å². The normalized spacial score (nSPS) is 43.5. The fourth-order valence-corrected chi connectivity index (χ4v) is 2.59. The van der Waals surface area contributed by atoms with E-state index in [1.54, 1.807) is 0 Å². The van der Waals surface area contributed by atoms with E-state index in [1.165, 1.54) is 7.11 Å². The summed E-state index contributed by atoms with van der Waals surface area (Å²) in [6.45, 7) is 2.15. The van der Waals surface area contributed by atoms with Crippen LogP contribution in [0.25, 0.3) is 0 Å². The van der Waals surface area contributed by atoms with Crippen LogP contribution in [0.3, 0.4) is 0 Å². The maximum atomic E-state index is 11.4. The number of carbonyl (C=O) groups is 1. The fraction of sp³-hybridized carbons (Fsp3) is 0.700. The summed E-state index contributed by atoms with van der Waals surface area (Å²) in [4.78, 5) is 11.4. The second-order valence-corrected chi connectivity index (χ2v) is 3.86. The molecule has 12 heavy (non-hydrogen) atoms. The first kappa shape index (κ1) is 7.84. The number of esters is 1. The second-order valence-electron chi connectivity index (χ2n) is 3.86. The Morgan fingerprint density at radius 3 is 2.58 bits per heavy atom. The van der Waals surface area contributed by atoms with Gasteiger partial charge >= 0.3 is 5.97 Å². The maximum absolute atomic E-state index is 11.4. The van der Waals surface area contributed by atoms with E-state index < -0.39 is 0 Å². The summed E-state index contributed by atoms with van der Waals surface area (Å²) in [5.74, 6) is 1.66. The summed E-state index contributed by atoms with van der Waals surface area (Å²) in [7, 11) is 1.48. The van der Waals surface area contributed by atoms with Crippen molar-refractivity contribution in [3.8, 4) is 0 Å². The summed E-state index contributed by atoms with van der Waals surface area (Å²) in [6.07, 6.45) is 5.57. The Morgan fingerprint density at radius 1 is 1.42 bits per heavy atom. The summed E-state index contributed by atoms with van der Waals surface area (Å²) in [5, 5.41) is 0. The van der Waals surface area contributed by atoms with E-state index in [0.29, 0.717) is 17.8 Å². The van der Waals surface area contributed by atoms with Crippen molar-refractivity contribution in [3.05, 3.63) is 12.2 Å². The van der Waals surface area contributed by atoms with Gasteiger partial charge in [0.2, 0.25) is 0 Å². The zero-order chi connectivity index (χ0) is 8.72. The molecule has 0 unspecified atom stereocenters. The topological polar surface area (TPSA) is 26.3 Å². The molecule has 2 aliphatic carbocycles. The lowest BCUT2D eigenvalue weighted by atomic mass is 9.84. The molecule has 2 heteroatoms. The highest BCUT2D eigenvalue weighted by Gasteiger charge is 2.46. The van der Waals surface area contributed by atoms with Gasteiger partial charge in [0, 0.05) is 0 Å². The molecule has 0 radical (unpaired) electrons. The zero-order valence-electron chi connectivity index (χ0n) is 7.49. The highest BCUT2D eigenvalue weighted by molar-refractivity contribution is 5.74. The highest BCUT2D eigenvalue weighted by Crippen LogP contribution is 2.47. The largest absolute Gasteiger partial charge is 0.469 e. The molecule has 0 amide bonds. The van der Waals surface area contributed by atoms with Crippen molar-refractivity contribution in [3.63, 3.8) is 0 Å². The second kappa shape index (κ2) is 2.61. The van der Waals surface area contributed by atoms with Gasteiger partial charge in [-0.2, -0.15) is 0 Å². The number of methoxy groups -OCH3 is 1. The maximum Gasteiger partial charge on any atom is 0.309 e. The molecule has 1 saturated carbocycles. The number of fused-ring (bicyclic) bond motifs is 2. The first-order valence-electron chi connectivity index (χ1n) is 4.50. The molecule has 0 aliphatic heterocycles. The molecule has 2 bridgehead atoms. The van der Waals surface area contributed by atoms with Crippen molar-refractivity contribution in [1.29, 1.82) is 0 Å². The van der Waals surface area contributed by atoms with Gasteiger partial charge in [-0.1, -0.05) is 19.1 Å². The van der Waals surface area contributed by atoms with E-state index >= 15 is 0 Å². The predicted octanol–water partition coefficient (Wildman–Crippen LogP) is 1.62. The number of carbonyl (C=O) groups excluding carboxylic acids is 1. The van der Waals surface area contributed by atoms with Crippen molar-refractivity contribution in [2.75, 3.05) is 7.11 Å². The van der Waals surface area contributed by atoms with Crippen LogP contribution in [0.15, 0.2) is 12.2 Å². The van der Waals surface area contributed by atoms with Gasteiger partial charge in [-0.3, -0.25) is 4.79 Å². The molecule has 0 saturated heterocycles. The molecular weight excluding hydrogens is 152 g/mol. The molecule has 0 aromatic carbocycles. The molecule has 0 aromatic rings. The van der Waals surface area contributed by atoms with E-state index in [2.05, 4.69) is 19.1 Å². The predicted molar refractivity (Wildman–Crippen MR) is 45.4 cm³/mol. The quantitative estimate of drug-likeness (QED) is 0.437. The van der Waals surface area contributed by atoms with Crippen LogP contribution in [0.4, 0.5) is 0 Å². The minimum atomic E-state index is -0.0284. The van der Waals surface area contributed by atoms with Gasteiger partial charge in [-0.25, -0.2) is 0 Å². The van der Waals surface area contributed by atoms with Crippen molar-refractivity contribution in [2.24, 2.45) is 23.7 Å².